The van der Waals surface area contributed by atoms with Crippen molar-refractivity contribution in [3.63, 3.8) is 0 Å². The Kier molecular flexibility index (Phi) is 6.36. The van der Waals surface area contributed by atoms with E-state index >= 15 is 0 Å². The first-order valence-electron chi connectivity index (χ1n) is 12.3. The van der Waals surface area contributed by atoms with Crippen molar-refractivity contribution < 1.29 is 23.9 Å². The van der Waals surface area contributed by atoms with E-state index in [1.165, 1.54) is 0 Å². The van der Waals surface area contributed by atoms with E-state index in [9.17, 15) is 14.4 Å². The number of thioether (sulfide) groups is 1. The van der Waals surface area contributed by atoms with E-state index in [4.69, 9.17) is 9.47 Å². The Balaban J connectivity index is 1.31. The molecule has 9 heteroatoms. The van der Waals surface area contributed by atoms with E-state index < -0.39 is 16.8 Å². The van der Waals surface area contributed by atoms with Crippen LogP contribution in [0.5, 0.6) is 11.5 Å². The van der Waals surface area contributed by atoms with Crippen molar-refractivity contribution in [2.45, 2.75) is 62.9 Å². The fourth-order valence-electron chi connectivity index (χ4n) is 5.09. The maximum atomic E-state index is 13.7. The van der Waals surface area contributed by atoms with Gasteiger partial charge in [0.15, 0.2) is 11.5 Å². The standard InChI is InChI=1S/C27H31N3O5S/c1-5-15(2)21(23(31)28-13-16-10-11-19-20(12-16)35-14-34-19)29-24(32)22-27(3,4)36-26-18-9-7-6-8-17(18)25(33)30(22)26/h6-12,15,21-22,26H,5,13-14H2,1-4H3,(H,28,31)(H,29,32)/t15-,21-,22-,26+/m0/s1. The number of carbonyl (C=O) groups excluding carboxylic acids is 3. The third-order valence-corrected chi connectivity index (χ3v) is 8.78. The number of fused-ring (bicyclic) bond motifs is 4. The number of hydrogen-bond donors (Lipinski definition) is 2. The van der Waals surface area contributed by atoms with E-state index in [0.29, 0.717) is 30.0 Å². The van der Waals surface area contributed by atoms with Crippen LogP contribution >= 0.6 is 11.8 Å². The van der Waals surface area contributed by atoms with E-state index in [-0.39, 0.29) is 35.8 Å². The van der Waals surface area contributed by atoms with E-state index in [1.807, 2.05) is 70.2 Å². The van der Waals surface area contributed by atoms with Crippen molar-refractivity contribution >= 4 is 29.5 Å². The second-order valence-electron chi connectivity index (χ2n) is 10.1. The zero-order valence-electron chi connectivity index (χ0n) is 20.9. The molecule has 0 saturated carbocycles. The van der Waals surface area contributed by atoms with Crippen LogP contribution in [-0.2, 0) is 16.1 Å². The minimum absolute atomic E-state index is 0.0925. The first kappa shape index (κ1) is 24.5. The average molecular weight is 510 g/mol. The van der Waals surface area contributed by atoms with Crippen molar-refractivity contribution in [2.24, 2.45) is 5.92 Å². The summed E-state index contributed by atoms with van der Waals surface area (Å²) in [6.07, 6.45) is 0.710. The fourth-order valence-corrected chi connectivity index (χ4v) is 6.68. The molecule has 0 bridgehead atoms. The van der Waals surface area contributed by atoms with Gasteiger partial charge in [-0.2, -0.15) is 0 Å². The normalized spacial score (nSPS) is 22.6. The number of ether oxygens (including phenoxy) is 2. The van der Waals surface area contributed by atoms with Crippen molar-refractivity contribution in [3.8, 4) is 11.5 Å². The maximum Gasteiger partial charge on any atom is 0.256 e. The smallest absolute Gasteiger partial charge is 0.256 e. The molecular weight excluding hydrogens is 478 g/mol. The van der Waals surface area contributed by atoms with Crippen LogP contribution in [0.4, 0.5) is 0 Å². The number of nitrogens with zero attached hydrogens (tertiary/aromatic N) is 1. The predicted octanol–water partition coefficient (Wildman–Crippen LogP) is 3.61. The van der Waals surface area contributed by atoms with Gasteiger partial charge < -0.3 is 25.0 Å². The molecule has 5 rings (SSSR count). The quantitative estimate of drug-likeness (QED) is 0.592. The van der Waals surface area contributed by atoms with Gasteiger partial charge in [-0.3, -0.25) is 14.4 Å². The van der Waals surface area contributed by atoms with Crippen LogP contribution in [0, 0.1) is 5.92 Å². The second-order valence-corrected chi connectivity index (χ2v) is 11.8. The summed E-state index contributed by atoms with van der Waals surface area (Å²) in [5.41, 5.74) is 2.46. The second kappa shape index (κ2) is 9.35. The molecule has 36 heavy (non-hydrogen) atoms. The highest BCUT2D eigenvalue weighted by atomic mass is 32.2. The van der Waals surface area contributed by atoms with Gasteiger partial charge in [-0.05, 0) is 49.1 Å². The van der Waals surface area contributed by atoms with Crippen LogP contribution in [0.25, 0.3) is 0 Å². The van der Waals surface area contributed by atoms with E-state index in [0.717, 1.165) is 11.1 Å². The molecule has 0 spiro atoms. The van der Waals surface area contributed by atoms with Crippen LogP contribution in [0.1, 0.15) is 61.0 Å². The number of carbonyl (C=O) groups is 3. The molecule has 3 amide bonds. The first-order valence-corrected chi connectivity index (χ1v) is 13.1. The minimum atomic E-state index is -0.726. The van der Waals surface area contributed by atoms with Crippen LogP contribution < -0.4 is 20.1 Å². The molecule has 190 valence electrons. The molecule has 1 fully saturated rings. The van der Waals surface area contributed by atoms with Crippen LogP contribution in [0.2, 0.25) is 0 Å². The lowest BCUT2D eigenvalue weighted by molar-refractivity contribution is -0.133. The Hall–Kier alpha value is -3.20. The van der Waals surface area contributed by atoms with Crippen LogP contribution in [0.3, 0.4) is 0 Å². The molecule has 0 unspecified atom stereocenters. The topological polar surface area (TPSA) is 97.0 Å². The lowest BCUT2D eigenvalue weighted by atomic mass is 9.95. The predicted molar refractivity (Wildman–Crippen MR) is 137 cm³/mol. The van der Waals surface area contributed by atoms with Crippen molar-refractivity contribution in [2.75, 3.05) is 6.79 Å². The van der Waals surface area contributed by atoms with Gasteiger partial charge in [0.2, 0.25) is 18.6 Å². The number of rotatable bonds is 7. The van der Waals surface area contributed by atoms with Gasteiger partial charge in [0.25, 0.3) is 5.91 Å². The Morgan fingerprint density at radius 1 is 1.17 bits per heavy atom. The van der Waals surface area contributed by atoms with Crippen LogP contribution in [0.15, 0.2) is 42.5 Å². The monoisotopic (exact) mass is 509 g/mol. The van der Waals surface area contributed by atoms with E-state index in [2.05, 4.69) is 10.6 Å². The SMILES string of the molecule is CC[C@H](C)[C@H](NC(=O)[C@@H]1N2C(=O)c3ccccc3[C@H]2SC1(C)C)C(=O)NCc1ccc2c(c1)OCO2. The summed E-state index contributed by atoms with van der Waals surface area (Å²) >= 11 is 1.61. The molecule has 2 aromatic carbocycles. The minimum Gasteiger partial charge on any atom is -0.454 e. The molecule has 8 nitrogen and oxygen atoms in total. The zero-order chi connectivity index (χ0) is 25.6. The van der Waals surface area contributed by atoms with Gasteiger partial charge >= 0.3 is 0 Å². The molecule has 3 aliphatic rings. The summed E-state index contributed by atoms with van der Waals surface area (Å²) in [7, 11) is 0. The number of amides is 3. The number of hydrogen-bond acceptors (Lipinski definition) is 6. The Labute approximate surface area is 215 Å². The molecule has 0 aliphatic carbocycles. The van der Waals surface area contributed by atoms with Gasteiger partial charge in [-0.15, -0.1) is 11.8 Å². The molecule has 3 heterocycles. The summed E-state index contributed by atoms with van der Waals surface area (Å²) in [5.74, 6) is 0.543. The van der Waals surface area contributed by atoms with Crippen molar-refractivity contribution in [3.05, 3.63) is 59.2 Å². The lowest BCUT2D eigenvalue weighted by Crippen LogP contribution is -2.58. The molecule has 4 atom stereocenters. The summed E-state index contributed by atoms with van der Waals surface area (Å²) in [6.45, 7) is 8.38. The summed E-state index contributed by atoms with van der Waals surface area (Å²) in [4.78, 5) is 41.9. The van der Waals surface area contributed by atoms with Crippen molar-refractivity contribution in [1.82, 2.24) is 15.5 Å². The third-order valence-electron chi connectivity index (χ3n) is 7.24. The van der Waals surface area contributed by atoms with Gasteiger partial charge in [-0.25, -0.2) is 0 Å². The highest BCUT2D eigenvalue weighted by Gasteiger charge is 2.57. The largest absolute Gasteiger partial charge is 0.454 e. The van der Waals surface area contributed by atoms with Crippen LogP contribution in [-0.4, -0.2) is 46.2 Å². The summed E-state index contributed by atoms with van der Waals surface area (Å²) in [5, 5.41) is 5.75. The van der Waals surface area contributed by atoms with Crippen molar-refractivity contribution in [1.29, 1.82) is 0 Å². The third kappa shape index (κ3) is 4.19. The number of benzene rings is 2. The highest BCUT2D eigenvalue weighted by Crippen LogP contribution is 2.56. The molecule has 0 radical (unpaired) electrons. The first-order chi connectivity index (χ1) is 17.2. The molecule has 0 aromatic heterocycles. The van der Waals surface area contributed by atoms with E-state index in [1.54, 1.807) is 16.7 Å². The molecular formula is C27H31N3O5S. The Bertz CT molecular complexity index is 1220. The van der Waals surface area contributed by atoms with Gasteiger partial charge in [0, 0.05) is 16.9 Å². The zero-order valence-corrected chi connectivity index (χ0v) is 21.7. The van der Waals surface area contributed by atoms with Gasteiger partial charge in [0.05, 0.1) is 0 Å². The highest BCUT2D eigenvalue weighted by molar-refractivity contribution is 8.01. The van der Waals surface area contributed by atoms with Gasteiger partial charge in [-0.1, -0.05) is 44.5 Å². The maximum absolute atomic E-state index is 13.7. The lowest BCUT2D eigenvalue weighted by Gasteiger charge is -2.32. The Morgan fingerprint density at radius 2 is 1.92 bits per heavy atom. The fraction of sp³-hybridized carbons (Fsp3) is 0.444. The molecule has 2 aromatic rings. The average Bonchev–Trinajstić information content (AvgIpc) is 3.52. The molecule has 1 saturated heterocycles. The summed E-state index contributed by atoms with van der Waals surface area (Å²) < 4.78 is 10.2. The molecule has 2 N–H and O–H groups in total. The molecule has 3 aliphatic heterocycles. The number of nitrogens with one attached hydrogen (secondary N) is 2. The van der Waals surface area contributed by atoms with Gasteiger partial charge in [0.1, 0.15) is 17.5 Å². The summed E-state index contributed by atoms with van der Waals surface area (Å²) in [6, 6.07) is 11.6. The Morgan fingerprint density at radius 3 is 2.69 bits per heavy atom.